The van der Waals surface area contributed by atoms with E-state index < -0.39 is 6.04 Å². The van der Waals surface area contributed by atoms with Crippen LogP contribution in [0, 0.1) is 5.92 Å². The number of morpholine rings is 1. The number of carbonyl (C=O) groups excluding carboxylic acids is 2. The third kappa shape index (κ3) is 4.33. The Morgan fingerprint density at radius 3 is 2.33 bits per heavy atom. The highest BCUT2D eigenvalue weighted by Crippen LogP contribution is 2.48. The lowest BCUT2D eigenvalue weighted by Crippen LogP contribution is -2.53. The monoisotopic (exact) mass is 521 g/mol. The lowest BCUT2D eigenvalue weighted by molar-refractivity contribution is -0.141. The van der Waals surface area contributed by atoms with E-state index in [-0.39, 0.29) is 23.8 Å². The molecule has 2 atom stereocenters. The molecule has 2 aliphatic heterocycles. The first-order chi connectivity index (χ1) is 19.0. The predicted octanol–water partition coefficient (Wildman–Crippen LogP) is 5.66. The van der Waals surface area contributed by atoms with E-state index in [0.717, 1.165) is 33.3 Å². The number of nitrogens with zero attached hydrogens (tertiary/aromatic N) is 3. The van der Waals surface area contributed by atoms with E-state index in [1.807, 2.05) is 46.2 Å². The molecule has 0 N–H and O–H groups in total. The summed E-state index contributed by atoms with van der Waals surface area (Å²) in [4.78, 5) is 32.3. The van der Waals surface area contributed by atoms with Crippen LogP contribution in [-0.2, 0) is 16.6 Å². The molecular formula is C33H35N3O3. The topological polar surface area (TPSA) is 54.8 Å². The number of fused-ring (bicyclic) bond motifs is 2. The smallest absolute Gasteiger partial charge is 0.255 e. The van der Waals surface area contributed by atoms with E-state index in [2.05, 4.69) is 67.9 Å². The molecule has 1 fully saturated rings. The summed E-state index contributed by atoms with van der Waals surface area (Å²) in [6.07, 6.45) is 0.595. The van der Waals surface area contributed by atoms with Crippen molar-refractivity contribution in [2.75, 3.05) is 26.3 Å². The predicted molar refractivity (Wildman–Crippen MR) is 153 cm³/mol. The van der Waals surface area contributed by atoms with Crippen molar-refractivity contribution < 1.29 is 14.3 Å². The van der Waals surface area contributed by atoms with Crippen molar-refractivity contribution >= 4 is 22.7 Å². The number of benzene rings is 3. The fourth-order valence-electron chi connectivity index (χ4n) is 6.37. The molecule has 2 amide bonds. The van der Waals surface area contributed by atoms with Crippen molar-refractivity contribution in [3.63, 3.8) is 0 Å². The van der Waals surface area contributed by atoms with Gasteiger partial charge in [-0.3, -0.25) is 9.59 Å². The van der Waals surface area contributed by atoms with E-state index >= 15 is 0 Å². The zero-order valence-electron chi connectivity index (χ0n) is 22.8. The molecule has 2 aliphatic rings. The molecule has 2 unspecified atom stereocenters. The molecule has 4 aromatic rings. The van der Waals surface area contributed by atoms with Crippen LogP contribution >= 0.6 is 0 Å². The molecular weight excluding hydrogens is 486 g/mol. The first kappa shape index (κ1) is 25.4. The van der Waals surface area contributed by atoms with Gasteiger partial charge >= 0.3 is 0 Å². The number of ether oxygens (including phenoxy) is 1. The largest absolute Gasteiger partial charge is 0.378 e. The molecule has 1 saturated heterocycles. The summed E-state index contributed by atoms with van der Waals surface area (Å²) in [5.74, 6) is 0.174. The number of amides is 2. The second-order valence-electron chi connectivity index (χ2n) is 11.0. The molecule has 6 nitrogen and oxygen atoms in total. The summed E-state index contributed by atoms with van der Waals surface area (Å²) in [5, 5.41) is 1.10. The van der Waals surface area contributed by atoms with E-state index in [1.165, 1.54) is 0 Å². The van der Waals surface area contributed by atoms with Gasteiger partial charge in [-0.1, -0.05) is 80.6 Å². The maximum atomic E-state index is 14.3. The van der Waals surface area contributed by atoms with Crippen LogP contribution in [0.4, 0.5) is 0 Å². The average molecular weight is 522 g/mol. The number of para-hydroxylation sites is 1. The molecule has 39 heavy (non-hydrogen) atoms. The summed E-state index contributed by atoms with van der Waals surface area (Å²) in [6, 6.07) is 25.6. The third-order valence-electron chi connectivity index (χ3n) is 8.10. The van der Waals surface area contributed by atoms with Crippen LogP contribution in [0.15, 0.2) is 78.9 Å². The fourth-order valence-corrected chi connectivity index (χ4v) is 6.37. The van der Waals surface area contributed by atoms with Gasteiger partial charge in [0.1, 0.15) is 6.04 Å². The molecule has 0 radical (unpaired) electrons. The Hall–Kier alpha value is -3.90. The summed E-state index contributed by atoms with van der Waals surface area (Å²) in [6.45, 7) is 6.40. The molecule has 0 bridgehead atoms. The SMILES string of the molecule is CC(C)CC(C(=O)N1CCOCC1)N1C(=O)c2ccccc2C1c1c(-c2ccccc2)n(C)c2ccccc12. The lowest BCUT2D eigenvalue weighted by Gasteiger charge is -2.38. The number of hydrogen-bond acceptors (Lipinski definition) is 3. The minimum absolute atomic E-state index is 0.0136. The number of carbonyl (C=O) groups is 2. The van der Waals surface area contributed by atoms with Crippen molar-refractivity contribution in [1.29, 1.82) is 0 Å². The van der Waals surface area contributed by atoms with Crippen molar-refractivity contribution in [1.82, 2.24) is 14.4 Å². The van der Waals surface area contributed by atoms with Crippen LogP contribution in [0.3, 0.4) is 0 Å². The summed E-state index contributed by atoms with van der Waals surface area (Å²) in [7, 11) is 2.09. The van der Waals surface area contributed by atoms with Crippen LogP contribution in [0.1, 0.15) is 47.8 Å². The van der Waals surface area contributed by atoms with E-state index in [1.54, 1.807) is 0 Å². The molecule has 1 aromatic heterocycles. The van der Waals surface area contributed by atoms with Gasteiger partial charge in [-0.05, 0) is 35.6 Å². The number of hydrogen-bond donors (Lipinski definition) is 0. The van der Waals surface area contributed by atoms with Gasteiger partial charge in [-0.15, -0.1) is 0 Å². The normalized spacial score (nSPS) is 18.2. The number of rotatable bonds is 6. The average Bonchev–Trinajstić information content (AvgIpc) is 3.42. The molecule has 6 heteroatoms. The van der Waals surface area contributed by atoms with Crippen molar-refractivity contribution in [3.8, 4) is 11.3 Å². The van der Waals surface area contributed by atoms with Gasteiger partial charge in [0.15, 0.2) is 0 Å². The molecule has 0 spiro atoms. The minimum atomic E-state index is -0.574. The van der Waals surface area contributed by atoms with Crippen molar-refractivity contribution in [2.24, 2.45) is 13.0 Å². The van der Waals surface area contributed by atoms with Gasteiger partial charge in [0.25, 0.3) is 5.91 Å². The second-order valence-corrected chi connectivity index (χ2v) is 11.0. The van der Waals surface area contributed by atoms with Gasteiger partial charge in [0.05, 0.1) is 24.9 Å². The molecule has 0 saturated carbocycles. The van der Waals surface area contributed by atoms with Crippen molar-refractivity contribution in [3.05, 3.63) is 95.6 Å². The third-order valence-corrected chi connectivity index (χ3v) is 8.10. The van der Waals surface area contributed by atoms with Crippen LogP contribution in [0.2, 0.25) is 0 Å². The highest BCUT2D eigenvalue weighted by Gasteiger charge is 2.47. The highest BCUT2D eigenvalue weighted by atomic mass is 16.5. The van der Waals surface area contributed by atoms with E-state index in [4.69, 9.17) is 4.74 Å². The zero-order valence-corrected chi connectivity index (χ0v) is 22.8. The maximum Gasteiger partial charge on any atom is 0.255 e. The van der Waals surface area contributed by atoms with Crippen LogP contribution in [0.25, 0.3) is 22.2 Å². The van der Waals surface area contributed by atoms with Gasteiger partial charge in [0, 0.05) is 42.2 Å². The van der Waals surface area contributed by atoms with Crippen LogP contribution < -0.4 is 0 Å². The Labute approximate surface area is 229 Å². The number of aromatic nitrogens is 1. The van der Waals surface area contributed by atoms with Gasteiger partial charge in [-0.2, -0.15) is 0 Å². The van der Waals surface area contributed by atoms with Crippen LogP contribution in [-0.4, -0.2) is 58.5 Å². The quantitative estimate of drug-likeness (QED) is 0.329. The molecule has 6 rings (SSSR count). The van der Waals surface area contributed by atoms with E-state index in [9.17, 15) is 9.59 Å². The number of aryl methyl sites for hydroxylation is 1. The minimum Gasteiger partial charge on any atom is -0.378 e. The Kier molecular flexibility index (Phi) is 6.73. The van der Waals surface area contributed by atoms with Gasteiger partial charge < -0.3 is 19.1 Å². The van der Waals surface area contributed by atoms with Crippen LogP contribution in [0.5, 0.6) is 0 Å². The Morgan fingerprint density at radius 1 is 0.923 bits per heavy atom. The van der Waals surface area contributed by atoms with Gasteiger partial charge in [-0.25, -0.2) is 0 Å². The molecule has 200 valence electrons. The molecule has 0 aliphatic carbocycles. The second kappa shape index (κ2) is 10.3. The first-order valence-corrected chi connectivity index (χ1v) is 13.9. The summed E-state index contributed by atoms with van der Waals surface area (Å²) < 4.78 is 7.76. The summed E-state index contributed by atoms with van der Waals surface area (Å²) in [5.41, 5.74) is 5.96. The summed E-state index contributed by atoms with van der Waals surface area (Å²) >= 11 is 0. The van der Waals surface area contributed by atoms with E-state index in [0.29, 0.717) is 38.3 Å². The first-order valence-electron chi connectivity index (χ1n) is 13.9. The molecule has 3 aromatic carbocycles. The fraction of sp³-hybridized carbons (Fsp3) is 0.333. The Bertz CT molecular complexity index is 1520. The van der Waals surface area contributed by atoms with Crippen molar-refractivity contribution in [2.45, 2.75) is 32.4 Å². The molecule has 3 heterocycles. The standard InChI is InChI=1S/C33H35N3O3/c1-22(2)21-28(33(38)35-17-19-39-20-18-35)36-31(24-13-7-8-14-25(24)32(36)37)29-26-15-9-10-16-27(26)34(3)30(29)23-11-5-4-6-12-23/h4-16,22,28,31H,17-21H2,1-3H3. The highest BCUT2D eigenvalue weighted by molar-refractivity contribution is 6.04. The Balaban J connectivity index is 1.60. The Morgan fingerprint density at radius 2 is 1.59 bits per heavy atom. The maximum absolute atomic E-state index is 14.3. The van der Waals surface area contributed by atoms with Gasteiger partial charge in [0.2, 0.25) is 5.91 Å². The zero-order chi connectivity index (χ0) is 27.1. The lowest BCUT2D eigenvalue weighted by atomic mass is 9.91.